The minimum Gasteiger partial charge on any atom is -0.490 e. The van der Waals surface area contributed by atoms with Crippen molar-refractivity contribution in [3.05, 3.63) is 78.4 Å². The number of nitrogens with zero attached hydrogens (tertiary/aromatic N) is 4. The molecule has 0 unspecified atom stereocenters. The summed E-state index contributed by atoms with van der Waals surface area (Å²) < 4.78 is 47.1. The Morgan fingerprint density at radius 2 is 1.58 bits per heavy atom. The van der Waals surface area contributed by atoms with Crippen LogP contribution in [0.5, 0.6) is 5.75 Å². The first-order valence-corrected chi connectivity index (χ1v) is 11.8. The van der Waals surface area contributed by atoms with Crippen LogP contribution >= 0.6 is 0 Å². The Morgan fingerprint density at radius 1 is 0.861 bits per heavy atom. The number of hydrogen-bond acceptors (Lipinski definition) is 4. The van der Waals surface area contributed by atoms with Crippen LogP contribution in [0.2, 0.25) is 0 Å². The molecule has 0 aliphatic heterocycles. The van der Waals surface area contributed by atoms with Gasteiger partial charge in [0.15, 0.2) is 0 Å². The average molecular weight is 490 g/mol. The van der Waals surface area contributed by atoms with Crippen molar-refractivity contribution in [3.63, 3.8) is 0 Å². The summed E-state index contributed by atoms with van der Waals surface area (Å²) in [5.41, 5.74) is 3.41. The van der Waals surface area contributed by atoms with Crippen LogP contribution in [0.15, 0.2) is 72.8 Å². The first-order valence-electron chi connectivity index (χ1n) is 11.8. The van der Waals surface area contributed by atoms with Crippen LogP contribution < -0.4 is 4.74 Å². The third-order valence-electron chi connectivity index (χ3n) is 6.62. The van der Waals surface area contributed by atoms with Crippen molar-refractivity contribution >= 4 is 10.9 Å². The number of aromatic nitrogens is 5. The number of rotatable bonds is 5. The zero-order chi connectivity index (χ0) is 24.7. The Bertz CT molecular complexity index is 1480. The summed E-state index contributed by atoms with van der Waals surface area (Å²) >= 11 is 0. The van der Waals surface area contributed by atoms with E-state index >= 15 is 0 Å². The lowest BCUT2D eigenvalue weighted by Gasteiger charge is -2.14. The highest BCUT2D eigenvalue weighted by molar-refractivity contribution is 5.91. The van der Waals surface area contributed by atoms with Crippen LogP contribution in [0, 0.1) is 0 Å². The van der Waals surface area contributed by atoms with Gasteiger partial charge in [-0.1, -0.05) is 18.2 Å². The zero-order valence-corrected chi connectivity index (χ0v) is 19.2. The van der Waals surface area contributed by atoms with Gasteiger partial charge in [0.05, 0.1) is 22.9 Å². The third kappa shape index (κ3) is 4.21. The van der Waals surface area contributed by atoms with Gasteiger partial charge in [-0.2, -0.15) is 18.4 Å². The van der Waals surface area contributed by atoms with Gasteiger partial charge in [0.2, 0.25) is 5.82 Å². The summed E-state index contributed by atoms with van der Waals surface area (Å²) in [4.78, 5) is 0. The fourth-order valence-corrected chi connectivity index (χ4v) is 4.83. The summed E-state index contributed by atoms with van der Waals surface area (Å²) in [5.74, 6) is 1.28. The molecule has 36 heavy (non-hydrogen) atoms. The Morgan fingerprint density at radius 3 is 2.25 bits per heavy atom. The van der Waals surface area contributed by atoms with Gasteiger partial charge in [-0.3, -0.25) is 0 Å². The molecule has 0 amide bonds. The highest BCUT2D eigenvalue weighted by Gasteiger charge is 2.30. The maximum Gasteiger partial charge on any atom is 0.416 e. The van der Waals surface area contributed by atoms with Gasteiger partial charge < -0.3 is 9.30 Å². The van der Waals surface area contributed by atoms with Crippen LogP contribution in [0.3, 0.4) is 0 Å². The summed E-state index contributed by atoms with van der Waals surface area (Å²) in [6, 6.07) is 20.9. The molecular weight excluding hydrogens is 467 g/mol. The van der Waals surface area contributed by atoms with Crippen molar-refractivity contribution in [2.75, 3.05) is 0 Å². The molecular formula is C27H22F3N5O. The number of benzene rings is 3. The number of ether oxygens (including phenoxy) is 1. The molecule has 1 N–H and O–H groups in total. The van der Waals surface area contributed by atoms with E-state index in [1.54, 1.807) is 0 Å². The first-order chi connectivity index (χ1) is 17.5. The van der Waals surface area contributed by atoms with E-state index in [1.807, 2.05) is 53.1 Å². The van der Waals surface area contributed by atoms with Gasteiger partial charge in [-0.25, -0.2) is 0 Å². The molecule has 5 aromatic rings. The largest absolute Gasteiger partial charge is 0.490 e. The van der Waals surface area contributed by atoms with Crippen LogP contribution in [-0.4, -0.2) is 31.3 Å². The predicted octanol–water partition coefficient (Wildman–Crippen LogP) is 6.82. The molecule has 1 aliphatic rings. The predicted molar refractivity (Wildman–Crippen MR) is 130 cm³/mol. The SMILES string of the molecule is FC(F)(F)c1ccc(-c2ccc3c(c2)cc(-c2nn[nH]n2)n3-c2ccc(OC3CCCC3)cc2)cc1. The molecule has 0 radical (unpaired) electrons. The van der Waals surface area contributed by atoms with Gasteiger partial charge >= 0.3 is 6.18 Å². The van der Waals surface area contributed by atoms with Gasteiger partial charge in [0.1, 0.15) is 5.75 Å². The molecule has 9 heteroatoms. The highest BCUT2D eigenvalue weighted by atomic mass is 19.4. The topological polar surface area (TPSA) is 68.6 Å². The van der Waals surface area contributed by atoms with E-state index < -0.39 is 11.7 Å². The van der Waals surface area contributed by atoms with E-state index in [0.717, 1.165) is 58.6 Å². The number of H-pyrrole nitrogens is 1. The maximum absolute atomic E-state index is 13.0. The lowest BCUT2D eigenvalue weighted by atomic mass is 10.0. The van der Waals surface area contributed by atoms with E-state index in [9.17, 15) is 13.2 Å². The van der Waals surface area contributed by atoms with Crippen LogP contribution in [0.1, 0.15) is 31.2 Å². The number of fused-ring (bicyclic) bond motifs is 1. The summed E-state index contributed by atoms with van der Waals surface area (Å²) in [6.07, 6.45) is 0.514. The number of alkyl halides is 3. The van der Waals surface area contributed by atoms with Gasteiger partial charge in [0.25, 0.3) is 0 Å². The van der Waals surface area contributed by atoms with Crippen molar-refractivity contribution < 1.29 is 17.9 Å². The average Bonchev–Trinajstić information content (AvgIpc) is 3.65. The van der Waals surface area contributed by atoms with E-state index in [4.69, 9.17) is 4.74 Å². The normalized spacial score (nSPS) is 14.5. The number of halogens is 3. The molecule has 182 valence electrons. The van der Waals surface area contributed by atoms with Crippen molar-refractivity contribution in [2.45, 2.75) is 38.0 Å². The van der Waals surface area contributed by atoms with Crippen molar-refractivity contribution in [3.8, 4) is 34.1 Å². The quantitative estimate of drug-likeness (QED) is 0.294. The molecule has 0 spiro atoms. The third-order valence-corrected chi connectivity index (χ3v) is 6.62. The Balaban J connectivity index is 1.39. The van der Waals surface area contributed by atoms with Gasteiger partial charge in [-0.15, -0.1) is 10.2 Å². The molecule has 2 heterocycles. The van der Waals surface area contributed by atoms with E-state index in [0.29, 0.717) is 11.4 Å². The monoisotopic (exact) mass is 489 g/mol. The van der Waals surface area contributed by atoms with Crippen molar-refractivity contribution in [1.82, 2.24) is 25.2 Å². The Labute approximate surface area is 204 Å². The Kier molecular flexibility index (Phi) is 5.47. The lowest BCUT2D eigenvalue weighted by Crippen LogP contribution is -2.10. The molecule has 6 rings (SSSR count). The summed E-state index contributed by atoms with van der Waals surface area (Å²) in [6.45, 7) is 0. The van der Waals surface area contributed by atoms with Crippen LogP contribution in [-0.2, 0) is 6.18 Å². The summed E-state index contributed by atoms with van der Waals surface area (Å²) in [7, 11) is 0. The molecule has 1 aliphatic carbocycles. The fourth-order valence-electron chi connectivity index (χ4n) is 4.83. The van der Waals surface area contributed by atoms with Gasteiger partial charge in [-0.05, 0) is 96.6 Å². The molecule has 0 atom stereocenters. The van der Waals surface area contributed by atoms with Crippen molar-refractivity contribution in [1.29, 1.82) is 0 Å². The fraction of sp³-hybridized carbons (Fsp3) is 0.222. The minimum absolute atomic E-state index is 0.279. The standard InChI is InChI=1S/C27H22F3N5O/c28-27(29,30)20-8-5-17(6-9-20)18-7-14-24-19(15-18)16-25(26-31-33-34-32-26)35(24)21-10-12-23(13-11-21)36-22-3-1-2-4-22/h5-16,22H,1-4H2,(H,31,32,33,34). The maximum atomic E-state index is 13.0. The first kappa shape index (κ1) is 22.3. The van der Waals surface area contributed by atoms with Crippen molar-refractivity contribution in [2.24, 2.45) is 0 Å². The number of tetrazole rings is 1. The molecule has 6 nitrogen and oxygen atoms in total. The van der Waals surface area contributed by atoms with Gasteiger partial charge in [0, 0.05) is 11.1 Å². The highest BCUT2D eigenvalue weighted by Crippen LogP contribution is 2.35. The second kappa shape index (κ2) is 8.82. The molecule has 0 saturated heterocycles. The van der Waals surface area contributed by atoms with E-state index in [-0.39, 0.29) is 6.10 Å². The van der Waals surface area contributed by atoms with Crippen LogP contribution in [0.4, 0.5) is 13.2 Å². The minimum atomic E-state index is -4.36. The lowest BCUT2D eigenvalue weighted by molar-refractivity contribution is -0.137. The molecule has 1 saturated carbocycles. The number of hydrogen-bond donors (Lipinski definition) is 1. The van der Waals surface area contributed by atoms with Crippen LogP contribution in [0.25, 0.3) is 39.2 Å². The summed E-state index contributed by atoms with van der Waals surface area (Å²) in [5, 5.41) is 15.4. The molecule has 0 bridgehead atoms. The van der Waals surface area contributed by atoms with E-state index in [2.05, 4.69) is 20.6 Å². The smallest absolute Gasteiger partial charge is 0.416 e. The second-order valence-electron chi connectivity index (χ2n) is 8.97. The zero-order valence-electron chi connectivity index (χ0n) is 19.2. The number of nitrogens with one attached hydrogen (secondary N) is 1. The molecule has 2 aromatic heterocycles. The molecule has 1 fully saturated rings. The molecule has 3 aromatic carbocycles. The number of aromatic amines is 1. The Hall–Kier alpha value is -4.14. The van der Waals surface area contributed by atoms with E-state index in [1.165, 1.54) is 25.0 Å². The second-order valence-corrected chi connectivity index (χ2v) is 8.97.